The molecule has 0 radical (unpaired) electrons. The molecule has 0 aromatic carbocycles. The van der Waals surface area contributed by atoms with E-state index in [4.69, 9.17) is 0 Å². The lowest BCUT2D eigenvalue weighted by Crippen LogP contribution is -2.49. The minimum Gasteiger partial charge on any atom is -0.462 e. The van der Waals surface area contributed by atoms with E-state index < -0.39 is 4.92 Å². The lowest BCUT2D eigenvalue weighted by atomic mass is 10.2. The predicted molar refractivity (Wildman–Crippen MR) is 87.5 cm³/mol. The van der Waals surface area contributed by atoms with Crippen molar-refractivity contribution in [1.82, 2.24) is 10.3 Å². The predicted octanol–water partition coefficient (Wildman–Crippen LogP) is 1.75. The van der Waals surface area contributed by atoms with Gasteiger partial charge in [0.2, 0.25) is 0 Å². The molecule has 0 spiro atoms. The smallest absolute Gasteiger partial charge is 0.363 e. The summed E-state index contributed by atoms with van der Waals surface area (Å²) in [7, 11) is 0. The molecule has 1 aliphatic heterocycles. The van der Waals surface area contributed by atoms with E-state index in [0.29, 0.717) is 12.5 Å². The van der Waals surface area contributed by atoms with E-state index in [-0.39, 0.29) is 11.4 Å². The SMILES string of the molecule is CC(C)(C)OC=O.CC1CN(c2ccc([N+](=O)[O-])nc2)CCN1. The Kier molecular flexibility index (Phi) is 6.89. The number of ether oxygens (including phenoxy) is 1. The van der Waals surface area contributed by atoms with Crippen LogP contribution >= 0.6 is 0 Å². The Labute approximate surface area is 136 Å². The number of aromatic nitrogens is 1. The number of nitrogens with zero attached hydrogens (tertiary/aromatic N) is 3. The summed E-state index contributed by atoms with van der Waals surface area (Å²) >= 11 is 0. The maximum absolute atomic E-state index is 10.5. The molecule has 23 heavy (non-hydrogen) atoms. The van der Waals surface area contributed by atoms with Crippen molar-refractivity contribution >= 4 is 18.0 Å². The largest absolute Gasteiger partial charge is 0.462 e. The van der Waals surface area contributed by atoms with Crippen LogP contribution in [0.4, 0.5) is 11.5 Å². The zero-order valence-corrected chi connectivity index (χ0v) is 14.0. The van der Waals surface area contributed by atoms with Gasteiger partial charge in [0.25, 0.3) is 6.47 Å². The van der Waals surface area contributed by atoms with Crippen molar-refractivity contribution in [3.63, 3.8) is 0 Å². The molecule has 2 rings (SSSR count). The number of hydrogen-bond acceptors (Lipinski definition) is 7. The van der Waals surface area contributed by atoms with Crippen LogP contribution in [0.2, 0.25) is 0 Å². The average molecular weight is 324 g/mol. The summed E-state index contributed by atoms with van der Waals surface area (Å²) in [4.78, 5) is 25.6. The Morgan fingerprint density at radius 1 is 1.48 bits per heavy atom. The summed E-state index contributed by atoms with van der Waals surface area (Å²) < 4.78 is 4.55. The van der Waals surface area contributed by atoms with Crippen LogP contribution in [0, 0.1) is 10.1 Å². The highest BCUT2D eigenvalue weighted by atomic mass is 16.6. The lowest BCUT2D eigenvalue weighted by Gasteiger charge is -2.32. The number of piperazine rings is 1. The maximum Gasteiger partial charge on any atom is 0.363 e. The highest BCUT2D eigenvalue weighted by Gasteiger charge is 2.17. The molecule has 1 aliphatic rings. The molecule has 1 N–H and O–H groups in total. The minimum atomic E-state index is -0.482. The van der Waals surface area contributed by atoms with Crippen LogP contribution in [0.3, 0.4) is 0 Å². The van der Waals surface area contributed by atoms with Gasteiger partial charge in [-0.2, -0.15) is 0 Å². The molecule has 1 unspecified atom stereocenters. The van der Waals surface area contributed by atoms with Crippen molar-refractivity contribution in [3.8, 4) is 0 Å². The van der Waals surface area contributed by atoms with Crippen LogP contribution in [-0.2, 0) is 9.53 Å². The fourth-order valence-electron chi connectivity index (χ4n) is 1.98. The van der Waals surface area contributed by atoms with E-state index in [2.05, 4.69) is 26.9 Å². The van der Waals surface area contributed by atoms with Crippen LogP contribution in [0.15, 0.2) is 18.3 Å². The number of rotatable bonds is 3. The fourth-order valence-corrected chi connectivity index (χ4v) is 1.98. The van der Waals surface area contributed by atoms with E-state index in [9.17, 15) is 14.9 Å². The third-order valence-corrected chi connectivity index (χ3v) is 3.05. The molecular weight excluding hydrogens is 300 g/mol. The van der Waals surface area contributed by atoms with Crippen molar-refractivity contribution in [2.24, 2.45) is 0 Å². The topological polar surface area (TPSA) is 97.6 Å². The third-order valence-electron chi connectivity index (χ3n) is 3.05. The quantitative estimate of drug-likeness (QED) is 0.514. The van der Waals surface area contributed by atoms with E-state index in [1.165, 1.54) is 6.07 Å². The lowest BCUT2D eigenvalue weighted by molar-refractivity contribution is -0.389. The monoisotopic (exact) mass is 324 g/mol. The Balaban J connectivity index is 0.000000322. The van der Waals surface area contributed by atoms with E-state index in [1.54, 1.807) is 12.3 Å². The molecule has 1 aromatic heterocycles. The molecule has 1 aromatic rings. The molecule has 128 valence electrons. The second-order valence-corrected chi connectivity index (χ2v) is 6.26. The summed E-state index contributed by atoms with van der Waals surface area (Å²) in [5, 5.41) is 13.8. The molecule has 0 amide bonds. The van der Waals surface area contributed by atoms with E-state index in [1.807, 2.05) is 20.8 Å². The molecule has 8 nitrogen and oxygen atoms in total. The summed E-state index contributed by atoms with van der Waals surface area (Å²) in [5.74, 6) is -0.105. The van der Waals surface area contributed by atoms with Gasteiger partial charge in [-0.05, 0) is 43.7 Å². The van der Waals surface area contributed by atoms with Crippen LogP contribution in [0.25, 0.3) is 0 Å². The van der Waals surface area contributed by atoms with Gasteiger partial charge in [0.1, 0.15) is 5.60 Å². The zero-order valence-electron chi connectivity index (χ0n) is 14.0. The second kappa shape index (κ2) is 8.42. The Morgan fingerprint density at radius 2 is 2.17 bits per heavy atom. The zero-order chi connectivity index (χ0) is 17.5. The molecule has 0 bridgehead atoms. The van der Waals surface area contributed by atoms with E-state index >= 15 is 0 Å². The number of hydrogen-bond donors (Lipinski definition) is 1. The van der Waals surface area contributed by atoms with Crippen molar-refractivity contribution in [2.45, 2.75) is 39.3 Å². The molecule has 0 saturated carbocycles. The minimum absolute atomic E-state index is 0.105. The number of anilines is 1. The first-order valence-electron chi connectivity index (χ1n) is 7.43. The first kappa shape index (κ1) is 18.8. The molecular formula is C15H24N4O4. The van der Waals surface area contributed by atoms with Crippen LogP contribution in [0.5, 0.6) is 0 Å². The highest BCUT2D eigenvalue weighted by Crippen LogP contribution is 2.17. The highest BCUT2D eigenvalue weighted by molar-refractivity contribution is 5.47. The van der Waals surface area contributed by atoms with Crippen LogP contribution in [0.1, 0.15) is 27.7 Å². The molecule has 1 atom stereocenters. The van der Waals surface area contributed by atoms with Gasteiger partial charge in [0.15, 0.2) is 6.20 Å². The maximum atomic E-state index is 10.5. The van der Waals surface area contributed by atoms with Crippen LogP contribution in [-0.4, -0.2) is 47.7 Å². The molecule has 2 heterocycles. The van der Waals surface area contributed by atoms with Gasteiger partial charge in [0.05, 0.1) is 5.69 Å². The number of nitrogens with one attached hydrogen (secondary N) is 1. The van der Waals surface area contributed by atoms with E-state index in [0.717, 1.165) is 25.3 Å². The molecule has 1 fully saturated rings. The summed E-state index contributed by atoms with van der Waals surface area (Å²) in [6.45, 7) is 10.8. The number of nitro groups is 1. The van der Waals surface area contributed by atoms with Gasteiger partial charge in [-0.15, -0.1) is 0 Å². The fraction of sp³-hybridized carbons (Fsp3) is 0.600. The van der Waals surface area contributed by atoms with Gasteiger partial charge in [-0.1, -0.05) is 0 Å². The van der Waals surface area contributed by atoms with Gasteiger partial charge in [-0.25, -0.2) is 0 Å². The Hall–Kier alpha value is -2.22. The number of carbonyl (C=O) groups excluding carboxylic acids is 1. The third kappa shape index (κ3) is 7.05. The van der Waals surface area contributed by atoms with Gasteiger partial charge in [0, 0.05) is 31.7 Å². The van der Waals surface area contributed by atoms with Gasteiger partial charge >= 0.3 is 5.82 Å². The molecule has 8 heteroatoms. The number of carbonyl (C=O) groups is 1. The first-order chi connectivity index (χ1) is 10.7. The Morgan fingerprint density at radius 3 is 2.57 bits per heavy atom. The van der Waals surface area contributed by atoms with Gasteiger partial charge in [-0.3, -0.25) is 4.79 Å². The standard InChI is InChI=1S/C10H14N4O2.C5H10O2/c1-8-7-13(5-4-11-8)9-2-3-10(12-6-9)14(15)16;1-5(2,3)7-4-6/h2-3,6,8,11H,4-5,7H2,1H3;4H,1-3H3. The molecule has 0 aliphatic carbocycles. The summed E-state index contributed by atoms with van der Waals surface area (Å²) in [6, 6.07) is 3.63. The normalized spacial score (nSPS) is 17.7. The second-order valence-electron chi connectivity index (χ2n) is 6.26. The average Bonchev–Trinajstić information content (AvgIpc) is 2.47. The Bertz CT molecular complexity index is 513. The van der Waals surface area contributed by atoms with Crippen molar-refractivity contribution in [2.75, 3.05) is 24.5 Å². The first-order valence-corrected chi connectivity index (χ1v) is 7.43. The van der Waals surface area contributed by atoms with Crippen molar-refractivity contribution in [3.05, 3.63) is 28.4 Å². The van der Waals surface area contributed by atoms with Crippen molar-refractivity contribution < 1.29 is 14.5 Å². The van der Waals surface area contributed by atoms with Crippen molar-refractivity contribution in [1.29, 1.82) is 0 Å². The molecule has 1 saturated heterocycles. The van der Waals surface area contributed by atoms with Crippen LogP contribution < -0.4 is 10.2 Å². The summed E-state index contributed by atoms with van der Waals surface area (Å²) in [5.41, 5.74) is 0.626. The van der Waals surface area contributed by atoms with Gasteiger partial charge < -0.3 is 25.1 Å². The number of pyridine rings is 1. The summed E-state index contributed by atoms with van der Waals surface area (Å²) in [6.07, 6.45) is 1.57.